The summed E-state index contributed by atoms with van der Waals surface area (Å²) in [6.45, 7) is 0.972. The van der Waals surface area contributed by atoms with E-state index in [0.29, 0.717) is 36.4 Å². The summed E-state index contributed by atoms with van der Waals surface area (Å²) in [7, 11) is 3.08. The van der Waals surface area contributed by atoms with Crippen LogP contribution < -0.4 is 9.47 Å². The van der Waals surface area contributed by atoms with Crippen LogP contribution in [0.25, 0.3) is 0 Å². The minimum absolute atomic E-state index is 0.252. The van der Waals surface area contributed by atoms with Crippen molar-refractivity contribution in [3.05, 3.63) is 34.2 Å². The third-order valence-corrected chi connectivity index (χ3v) is 6.31. The number of methoxy groups -OCH3 is 2. The normalized spacial score (nSPS) is 28.9. The molecule has 2 aliphatic rings. The van der Waals surface area contributed by atoms with E-state index in [4.69, 9.17) is 9.47 Å². The van der Waals surface area contributed by atoms with Crippen LogP contribution in [0.1, 0.15) is 36.1 Å². The van der Waals surface area contributed by atoms with E-state index in [-0.39, 0.29) is 6.01 Å². The molecule has 2 aliphatic heterocycles. The fourth-order valence-corrected chi connectivity index (χ4v) is 5.01. The van der Waals surface area contributed by atoms with E-state index in [1.165, 1.54) is 12.0 Å². The van der Waals surface area contributed by atoms with Gasteiger partial charge in [0.25, 0.3) is 0 Å². The molecule has 2 fully saturated rings. The minimum Gasteiger partial charge on any atom is -0.481 e. The number of aliphatic hydroxyl groups is 1. The van der Waals surface area contributed by atoms with E-state index in [0.717, 1.165) is 19.4 Å². The molecule has 0 unspecified atom stereocenters. The van der Waals surface area contributed by atoms with Crippen molar-refractivity contribution in [2.45, 2.75) is 49.9 Å². The summed E-state index contributed by atoms with van der Waals surface area (Å²) in [6, 6.07) is 5.28. The summed E-state index contributed by atoms with van der Waals surface area (Å²) in [5, 5.41) is 13.5. The van der Waals surface area contributed by atoms with E-state index < -0.39 is 5.60 Å². The largest absolute Gasteiger partial charge is 0.481 e. The van der Waals surface area contributed by atoms with Crippen molar-refractivity contribution in [3.8, 4) is 11.9 Å². The fraction of sp³-hybridized carbons (Fsp3) is 0.556. The van der Waals surface area contributed by atoms with Gasteiger partial charge in [-0.05, 0) is 37.1 Å². The van der Waals surface area contributed by atoms with E-state index in [1.54, 1.807) is 24.6 Å². The average Bonchev–Trinajstić information content (AvgIpc) is 3.22. The van der Waals surface area contributed by atoms with Crippen LogP contribution in [0.5, 0.6) is 11.9 Å². The minimum atomic E-state index is -0.949. The molecule has 134 valence electrons. The Kier molecular flexibility index (Phi) is 4.39. The van der Waals surface area contributed by atoms with Crippen molar-refractivity contribution < 1.29 is 14.6 Å². The van der Waals surface area contributed by atoms with Gasteiger partial charge in [0, 0.05) is 29.7 Å². The lowest BCUT2D eigenvalue weighted by molar-refractivity contribution is -0.0610. The van der Waals surface area contributed by atoms with Crippen LogP contribution in [0.4, 0.5) is 0 Å². The highest BCUT2D eigenvalue weighted by Gasteiger charge is 2.49. The quantitative estimate of drug-likeness (QED) is 0.883. The van der Waals surface area contributed by atoms with Gasteiger partial charge in [-0.15, -0.1) is 11.3 Å². The Bertz CT molecular complexity index is 723. The Morgan fingerprint density at radius 1 is 1.28 bits per heavy atom. The third-order valence-electron chi connectivity index (χ3n) is 5.45. The highest BCUT2D eigenvalue weighted by atomic mass is 32.1. The molecular formula is C18H23N3O3S. The first-order valence-electron chi connectivity index (χ1n) is 8.59. The number of rotatable bonds is 5. The number of thiophene rings is 1. The molecule has 0 saturated carbocycles. The average molecular weight is 361 g/mol. The van der Waals surface area contributed by atoms with Gasteiger partial charge >= 0.3 is 6.01 Å². The zero-order valence-corrected chi connectivity index (χ0v) is 15.3. The monoisotopic (exact) mass is 361 g/mol. The highest BCUT2D eigenvalue weighted by Crippen LogP contribution is 2.48. The molecule has 0 aliphatic carbocycles. The van der Waals surface area contributed by atoms with Gasteiger partial charge < -0.3 is 14.6 Å². The maximum atomic E-state index is 11.4. The summed E-state index contributed by atoms with van der Waals surface area (Å²) >= 11 is 1.80. The lowest BCUT2D eigenvalue weighted by Gasteiger charge is -2.43. The lowest BCUT2D eigenvalue weighted by atomic mass is 9.81. The summed E-state index contributed by atoms with van der Waals surface area (Å²) < 4.78 is 10.5. The molecule has 7 heteroatoms. The van der Waals surface area contributed by atoms with Gasteiger partial charge in [-0.1, -0.05) is 6.07 Å². The van der Waals surface area contributed by atoms with Crippen LogP contribution in [0, 0.1) is 0 Å². The van der Waals surface area contributed by atoms with Crippen molar-refractivity contribution in [2.24, 2.45) is 0 Å². The Balaban J connectivity index is 1.59. The van der Waals surface area contributed by atoms with Gasteiger partial charge in [0.15, 0.2) is 0 Å². The zero-order valence-electron chi connectivity index (χ0n) is 14.5. The van der Waals surface area contributed by atoms with Crippen molar-refractivity contribution in [3.63, 3.8) is 0 Å². The van der Waals surface area contributed by atoms with Gasteiger partial charge in [0.05, 0.1) is 25.4 Å². The predicted octanol–water partition coefficient (Wildman–Crippen LogP) is 2.57. The number of nitrogens with zero attached hydrogens (tertiary/aromatic N) is 3. The van der Waals surface area contributed by atoms with Crippen molar-refractivity contribution in [1.82, 2.24) is 14.9 Å². The number of hydrogen-bond acceptors (Lipinski definition) is 7. The first-order valence-corrected chi connectivity index (χ1v) is 9.47. The molecule has 2 saturated heterocycles. The van der Waals surface area contributed by atoms with Crippen LogP contribution in [0.2, 0.25) is 0 Å². The molecule has 0 radical (unpaired) electrons. The van der Waals surface area contributed by atoms with Gasteiger partial charge in [0.2, 0.25) is 5.88 Å². The van der Waals surface area contributed by atoms with Gasteiger partial charge in [-0.2, -0.15) is 4.98 Å². The Morgan fingerprint density at radius 3 is 2.64 bits per heavy atom. The standard InChI is InChI=1S/C18H23N3O3S/c1-23-16-15(10-19-17(20-16)24-2)18(22)8-12-5-6-13(9-18)21(12)11-14-4-3-7-25-14/h3-4,7,10,12-13,22H,5-6,8-9,11H2,1-2H3/t12-,13-/m1/s1. The first-order chi connectivity index (χ1) is 12.1. The number of fused-ring (bicyclic) bond motifs is 2. The molecule has 0 spiro atoms. The molecule has 4 heterocycles. The maximum absolute atomic E-state index is 11.4. The second kappa shape index (κ2) is 6.55. The van der Waals surface area contributed by atoms with Crippen molar-refractivity contribution >= 4 is 11.3 Å². The molecule has 4 rings (SSSR count). The Labute approximate surface area is 151 Å². The topological polar surface area (TPSA) is 67.7 Å². The van der Waals surface area contributed by atoms with Gasteiger partial charge in [-0.3, -0.25) is 4.90 Å². The van der Waals surface area contributed by atoms with E-state index in [1.807, 2.05) is 0 Å². The molecule has 0 aromatic carbocycles. The molecule has 25 heavy (non-hydrogen) atoms. The molecular weight excluding hydrogens is 338 g/mol. The number of hydrogen-bond donors (Lipinski definition) is 1. The predicted molar refractivity (Wildman–Crippen MR) is 94.9 cm³/mol. The molecule has 2 aromatic heterocycles. The SMILES string of the molecule is COc1ncc(C2(O)C[C@H]3CC[C@H](C2)N3Cc2cccs2)c(OC)n1. The zero-order chi connectivity index (χ0) is 17.4. The Morgan fingerprint density at radius 2 is 2.04 bits per heavy atom. The number of ether oxygens (including phenoxy) is 2. The molecule has 2 atom stereocenters. The van der Waals surface area contributed by atoms with Crippen LogP contribution in [0.15, 0.2) is 23.7 Å². The van der Waals surface area contributed by atoms with E-state index in [9.17, 15) is 5.11 Å². The smallest absolute Gasteiger partial charge is 0.319 e. The summed E-state index contributed by atoms with van der Waals surface area (Å²) in [5.41, 5.74) is -0.279. The van der Waals surface area contributed by atoms with E-state index >= 15 is 0 Å². The summed E-state index contributed by atoms with van der Waals surface area (Å²) in [4.78, 5) is 12.4. The third kappa shape index (κ3) is 3.01. The van der Waals surface area contributed by atoms with Crippen LogP contribution in [-0.4, -0.2) is 46.3 Å². The van der Waals surface area contributed by atoms with Crippen molar-refractivity contribution in [1.29, 1.82) is 0 Å². The van der Waals surface area contributed by atoms with Crippen LogP contribution in [-0.2, 0) is 12.1 Å². The Hall–Kier alpha value is -1.70. The molecule has 6 nitrogen and oxygen atoms in total. The van der Waals surface area contributed by atoms with Gasteiger partial charge in [0.1, 0.15) is 0 Å². The highest BCUT2D eigenvalue weighted by molar-refractivity contribution is 7.09. The van der Waals surface area contributed by atoms with E-state index in [2.05, 4.69) is 32.4 Å². The fourth-order valence-electron chi connectivity index (χ4n) is 4.30. The second-order valence-electron chi connectivity index (χ2n) is 6.86. The molecule has 2 bridgehead atoms. The number of aromatic nitrogens is 2. The van der Waals surface area contributed by atoms with Crippen LogP contribution in [0.3, 0.4) is 0 Å². The maximum Gasteiger partial charge on any atom is 0.319 e. The number of piperidine rings is 1. The molecule has 1 N–H and O–H groups in total. The molecule has 0 amide bonds. The van der Waals surface area contributed by atoms with Crippen LogP contribution >= 0.6 is 11.3 Å². The van der Waals surface area contributed by atoms with Crippen molar-refractivity contribution in [2.75, 3.05) is 14.2 Å². The summed E-state index contributed by atoms with van der Waals surface area (Å²) in [6.07, 6.45) is 5.26. The first kappa shape index (κ1) is 16.8. The molecule has 2 aromatic rings. The lowest BCUT2D eigenvalue weighted by Crippen LogP contribution is -2.49. The van der Waals surface area contributed by atoms with Gasteiger partial charge in [-0.25, -0.2) is 4.98 Å². The second-order valence-corrected chi connectivity index (χ2v) is 7.89. The summed E-state index contributed by atoms with van der Waals surface area (Å²) in [5.74, 6) is 0.403.